The number of fused-ring (bicyclic) bond motifs is 1. The number of aliphatic hydroxyl groups excluding tert-OH is 1. The summed E-state index contributed by atoms with van der Waals surface area (Å²) in [4.78, 5) is 28.0. The Hall–Kier alpha value is -3.98. The van der Waals surface area contributed by atoms with Crippen LogP contribution >= 0.6 is 15.9 Å². The van der Waals surface area contributed by atoms with Gasteiger partial charge in [0.2, 0.25) is 6.79 Å². The molecule has 178 valence electrons. The van der Waals surface area contributed by atoms with Crippen LogP contribution < -0.4 is 19.1 Å². The lowest BCUT2D eigenvalue weighted by Crippen LogP contribution is -2.29. The van der Waals surface area contributed by atoms with Gasteiger partial charge in [-0.1, -0.05) is 34.1 Å². The number of hydrogen-bond donors (Lipinski definition) is 2. The highest BCUT2D eigenvalue weighted by molar-refractivity contribution is 9.10. The summed E-state index contributed by atoms with van der Waals surface area (Å²) in [6.07, 6.45) is 0. The Morgan fingerprint density at radius 3 is 2.54 bits per heavy atom. The molecule has 1 atom stereocenters. The largest absolute Gasteiger partial charge is 0.507 e. The summed E-state index contributed by atoms with van der Waals surface area (Å²) in [6.45, 7) is 2.14. The van der Waals surface area contributed by atoms with Crippen molar-refractivity contribution < 1.29 is 34.0 Å². The van der Waals surface area contributed by atoms with Crippen molar-refractivity contribution in [2.75, 3.05) is 18.3 Å². The average molecular weight is 538 g/mol. The number of halogens is 1. The Balaban J connectivity index is 1.71. The van der Waals surface area contributed by atoms with Crippen molar-refractivity contribution in [1.82, 2.24) is 0 Å². The lowest BCUT2D eigenvalue weighted by atomic mass is 9.94. The number of Topliss-reactive ketones (excluding diaryl/α,β-unsaturated/α-hetero) is 1. The smallest absolute Gasteiger partial charge is 0.300 e. The monoisotopic (exact) mass is 537 g/mol. The summed E-state index contributed by atoms with van der Waals surface area (Å²) in [5.74, 6) is -0.863. The van der Waals surface area contributed by atoms with E-state index in [9.17, 15) is 19.8 Å². The Labute approximate surface area is 209 Å². The molecule has 0 radical (unpaired) electrons. The maximum atomic E-state index is 13.3. The van der Waals surface area contributed by atoms with Crippen LogP contribution in [0.4, 0.5) is 5.69 Å². The molecule has 8 nitrogen and oxygen atoms in total. The van der Waals surface area contributed by atoms with Crippen LogP contribution in [-0.4, -0.2) is 35.3 Å². The second-order valence-corrected chi connectivity index (χ2v) is 8.79. The normalized spacial score (nSPS) is 18.2. The molecule has 9 heteroatoms. The van der Waals surface area contributed by atoms with Crippen LogP contribution in [0.1, 0.15) is 24.1 Å². The van der Waals surface area contributed by atoms with Gasteiger partial charge in [0.15, 0.2) is 23.0 Å². The number of hydrogen-bond acceptors (Lipinski definition) is 7. The number of anilines is 1. The van der Waals surface area contributed by atoms with Gasteiger partial charge in [-0.15, -0.1) is 0 Å². The topological polar surface area (TPSA) is 106 Å². The minimum absolute atomic E-state index is 0.0558. The summed E-state index contributed by atoms with van der Waals surface area (Å²) >= 11 is 3.36. The summed E-state index contributed by atoms with van der Waals surface area (Å²) in [5.41, 5.74) is 1.16. The Morgan fingerprint density at radius 2 is 1.80 bits per heavy atom. The molecule has 5 rings (SSSR count). The SMILES string of the molecule is CCOc1cc(C2/C(=C(\O)c3ccc(Br)cc3)C(=O)C(=O)N2c2ccc3c(c2)OCO3)ccc1O. The molecule has 1 fully saturated rings. The number of benzene rings is 3. The highest BCUT2D eigenvalue weighted by atomic mass is 79.9. The summed E-state index contributed by atoms with van der Waals surface area (Å²) in [5, 5.41) is 21.4. The maximum Gasteiger partial charge on any atom is 0.300 e. The highest BCUT2D eigenvalue weighted by Gasteiger charge is 2.47. The van der Waals surface area contributed by atoms with Crippen LogP contribution in [0.2, 0.25) is 0 Å². The fraction of sp³-hybridized carbons (Fsp3) is 0.154. The third-order valence-electron chi connectivity index (χ3n) is 5.80. The number of aromatic hydroxyl groups is 1. The van der Waals surface area contributed by atoms with E-state index in [1.165, 1.54) is 11.0 Å². The predicted molar refractivity (Wildman–Crippen MR) is 131 cm³/mol. The fourth-order valence-corrected chi connectivity index (χ4v) is 4.45. The lowest BCUT2D eigenvalue weighted by molar-refractivity contribution is -0.132. The minimum Gasteiger partial charge on any atom is -0.507 e. The molecule has 1 saturated heterocycles. The third-order valence-corrected chi connectivity index (χ3v) is 6.32. The van der Waals surface area contributed by atoms with Crippen LogP contribution in [0, 0.1) is 0 Å². The third kappa shape index (κ3) is 3.97. The fourth-order valence-electron chi connectivity index (χ4n) is 4.18. The van der Waals surface area contributed by atoms with Crippen molar-refractivity contribution in [3.63, 3.8) is 0 Å². The van der Waals surface area contributed by atoms with E-state index in [0.717, 1.165) is 4.47 Å². The number of ether oxygens (including phenoxy) is 3. The van der Waals surface area contributed by atoms with Gasteiger partial charge in [-0.25, -0.2) is 0 Å². The standard InChI is InChI=1S/C26H20BrNO7/c1-2-33-20-11-15(5-9-18(20)29)23-22(24(30)14-3-6-16(27)7-4-14)25(31)26(32)28(23)17-8-10-19-21(12-17)35-13-34-19/h3-12,23,29-30H,2,13H2,1H3/b24-22+. The number of phenols is 1. The van der Waals surface area contributed by atoms with E-state index >= 15 is 0 Å². The molecule has 2 aliphatic rings. The van der Waals surface area contributed by atoms with Gasteiger partial charge in [0.25, 0.3) is 11.7 Å². The van der Waals surface area contributed by atoms with Crippen molar-refractivity contribution in [2.24, 2.45) is 0 Å². The number of carbonyl (C=O) groups excluding carboxylic acids is 2. The molecule has 3 aromatic carbocycles. The van der Waals surface area contributed by atoms with E-state index in [1.54, 1.807) is 61.5 Å². The number of carbonyl (C=O) groups is 2. The second kappa shape index (κ2) is 8.99. The minimum atomic E-state index is -0.987. The first kappa shape index (κ1) is 22.8. The van der Waals surface area contributed by atoms with E-state index < -0.39 is 17.7 Å². The number of aliphatic hydroxyl groups is 1. The molecule has 1 amide bonds. The molecular formula is C26H20BrNO7. The van der Waals surface area contributed by atoms with Gasteiger partial charge in [-0.2, -0.15) is 0 Å². The van der Waals surface area contributed by atoms with Crippen LogP contribution in [0.5, 0.6) is 23.0 Å². The van der Waals surface area contributed by atoms with E-state index in [2.05, 4.69) is 15.9 Å². The van der Waals surface area contributed by atoms with E-state index in [1.807, 2.05) is 0 Å². The van der Waals surface area contributed by atoms with Crippen molar-refractivity contribution >= 4 is 39.1 Å². The summed E-state index contributed by atoms with van der Waals surface area (Å²) in [7, 11) is 0. The summed E-state index contributed by atoms with van der Waals surface area (Å²) in [6, 6.07) is 15.3. The predicted octanol–water partition coefficient (Wildman–Crippen LogP) is 4.91. The van der Waals surface area contributed by atoms with E-state index in [-0.39, 0.29) is 29.6 Å². The van der Waals surface area contributed by atoms with Crippen molar-refractivity contribution in [3.8, 4) is 23.0 Å². The average Bonchev–Trinajstić information content (AvgIpc) is 3.42. The van der Waals surface area contributed by atoms with Gasteiger partial charge in [0.1, 0.15) is 5.76 Å². The van der Waals surface area contributed by atoms with Crippen LogP contribution in [0.25, 0.3) is 5.76 Å². The Morgan fingerprint density at radius 1 is 1.06 bits per heavy atom. The first-order valence-corrected chi connectivity index (χ1v) is 11.6. The van der Waals surface area contributed by atoms with Crippen molar-refractivity contribution in [1.29, 1.82) is 0 Å². The molecule has 0 bridgehead atoms. The quantitative estimate of drug-likeness (QED) is 0.270. The number of nitrogens with zero attached hydrogens (tertiary/aromatic N) is 1. The molecule has 0 aromatic heterocycles. The van der Waals surface area contributed by atoms with E-state index in [4.69, 9.17) is 14.2 Å². The zero-order valence-electron chi connectivity index (χ0n) is 18.5. The molecule has 0 spiro atoms. The van der Waals surface area contributed by atoms with E-state index in [0.29, 0.717) is 34.9 Å². The second-order valence-electron chi connectivity index (χ2n) is 7.87. The molecule has 2 heterocycles. The van der Waals surface area contributed by atoms with Crippen molar-refractivity contribution in [3.05, 3.63) is 81.8 Å². The molecular weight excluding hydrogens is 518 g/mol. The van der Waals surface area contributed by atoms with Gasteiger partial charge >= 0.3 is 0 Å². The molecule has 0 saturated carbocycles. The zero-order chi connectivity index (χ0) is 24.7. The zero-order valence-corrected chi connectivity index (χ0v) is 20.1. The first-order chi connectivity index (χ1) is 16.9. The van der Waals surface area contributed by atoms with Gasteiger partial charge < -0.3 is 24.4 Å². The molecule has 1 unspecified atom stereocenters. The molecule has 35 heavy (non-hydrogen) atoms. The number of phenolic OH excluding ortho intramolecular Hbond substituents is 1. The Bertz CT molecular complexity index is 1370. The van der Waals surface area contributed by atoms with Gasteiger partial charge in [0, 0.05) is 21.8 Å². The van der Waals surface area contributed by atoms with Crippen LogP contribution in [0.3, 0.4) is 0 Å². The molecule has 3 aromatic rings. The maximum absolute atomic E-state index is 13.3. The van der Waals surface area contributed by atoms with Gasteiger partial charge in [0.05, 0.1) is 18.2 Å². The Kier molecular flexibility index (Phi) is 5.86. The van der Waals surface area contributed by atoms with Gasteiger partial charge in [-0.05, 0) is 48.9 Å². The van der Waals surface area contributed by atoms with Crippen LogP contribution in [-0.2, 0) is 9.59 Å². The molecule has 0 aliphatic carbocycles. The number of ketones is 1. The van der Waals surface area contributed by atoms with Crippen LogP contribution in [0.15, 0.2) is 70.7 Å². The first-order valence-electron chi connectivity index (χ1n) is 10.8. The number of rotatable bonds is 5. The lowest BCUT2D eigenvalue weighted by Gasteiger charge is -2.26. The van der Waals surface area contributed by atoms with Gasteiger partial charge in [-0.3, -0.25) is 14.5 Å². The summed E-state index contributed by atoms with van der Waals surface area (Å²) < 4.78 is 17.2. The highest BCUT2D eigenvalue weighted by Crippen LogP contribution is 2.46. The number of amides is 1. The molecule has 2 N–H and O–H groups in total. The van der Waals surface area contributed by atoms with Crippen molar-refractivity contribution in [2.45, 2.75) is 13.0 Å². The molecule has 2 aliphatic heterocycles.